The van der Waals surface area contributed by atoms with Crippen molar-refractivity contribution >= 4 is 0 Å². The molecule has 2 rings (SSSR count). The molecule has 1 heterocycles. The van der Waals surface area contributed by atoms with E-state index in [1.807, 2.05) is 0 Å². The number of aliphatic hydroxyl groups is 1. The topological polar surface area (TPSA) is 29.5 Å². The van der Waals surface area contributed by atoms with Crippen molar-refractivity contribution in [2.24, 2.45) is 0 Å². The van der Waals surface area contributed by atoms with Gasteiger partial charge in [0.15, 0.2) is 0 Å². The Hall–Kier alpha value is -1.09. The van der Waals surface area contributed by atoms with Crippen molar-refractivity contribution in [2.45, 2.75) is 12.5 Å². The molecule has 1 aliphatic rings. The van der Waals surface area contributed by atoms with Crippen LogP contribution in [0.4, 0.5) is 4.39 Å². The number of hydrogen-bond donors (Lipinski definition) is 1. The average molecular weight is 154 g/mol. The van der Waals surface area contributed by atoms with Crippen LogP contribution in [0.2, 0.25) is 0 Å². The lowest BCUT2D eigenvalue weighted by Gasteiger charge is -2.09. The van der Waals surface area contributed by atoms with E-state index in [9.17, 15) is 4.39 Å². The zero-order valence-corrected chi connectivity index (χ0v) is 5.75. The third-order valence-electron chi connectivity index (χ3n) is 1.65. The standard InChI is InChI=1S/C8H7FO2/c9-8(10)5-6-3-1-2-4-7(6)11-8/h1-4,10H,5H2. The summed E-state index contributed by atoms with van der Waals surface area (Å²) >= 11 is 0. The number of benzene rings is 1. The van der Waals surface area contributed by atoms with Gasteiger partial charge in [0.1, 0.15) is 5.75 Å². The molecule has 0 radical (unpaired) electrons. The summed E-state index contributed by atoms with van der Waals surface area (Å²) in [5, 5.41) is 8.83. The normalized spacial score (nSPS) is 27.8. The number of para-hydroxylation sites is 1. The fourth-order valence-corrected chi connectivity index (χ4v) is 1.19. The molecule has 1 aromatic carbocycles. The summed E-state index contributed by atoms with van der Waals surface area (Å²) < 4.78 is 17.3. The molecule has 1 atom stereocenters. The molecule has 0 saturated heterocycles. The summed E-state index contributed by atoms with van der Waals surface area (Å²) in [4.78, 5) is 0. The molecule has 1 N–H and O–H groups in total. The van der Waals surface area contributed by atoms with E-state index < -0.39 is 6.04 Å². The molecule has 0 amide bonds. The number of ether oxygens (including phenoxy) is 1. The first-order valence-electron chi connectivity index (χ1n) is 3.36. The minimum absolute atomic E-state index is 0.0802. The molecule has 0 saturated carbocycles. The van der Waals surface area contributed by atoms with Crippen molar-refractivity contribution in [3.63, 3.8) is 0 Å². The van der Waals surface area contributed by atoms with Gasteiger partial charge in [0.2, 0.25) is 0 Å². The van der Waals surface area contributed by atoms with E-state index in [0.717, 1.165) is 0 Å². The third-order valence-corrected chi connectivity index (χ3v) is 1.65. The maximum absolute atomic E-state index is 12.7. The summed E-state index contributed by atoms with van der Waals surface area (Å²) in [5.74, 6) is 0.428. The van der Waals surface area contributed by atoms with Gasteiger partial charge in [-0.1, -0.05) is 18.2 Å². The molecular formula is C8H7FO2. The van der Waals surface area contributed by atoms with Crippen LogP contribution in [0.5, 0.6) is 5.75 Å². The Morgan fingerprint density at radius 1 is 1.45 bits per heavy atom. The van der Waals surface area contributed by atoms with Crippen molar-refractivity contribution in [1.29, 1.82) is 0 Å². The fourth-order valence-electron chi connectivity index (χ4n) is 1.19. The Morgan fingerprint density at radius 3 is 2.91 bits per heavy atom. The Labute approximate surface area is 63.2 Å². The van der Waals surface area contributed by atoms with Gasteiger partial charge in [0, 0.05) is 5.56 Å². The highest BCUT2D eigenvalue weighted by molar-refractivity contribution is 5.37. The highest BCUT2D eigenvalue weighted by Crippen LogP contribution is 2.33. The number of alkyl halides is 1. The predicted octanol–water partition coefficient (Wildman–Crippen LogP) is 1.24. The van der Waals surface area contributed by atoms with Crippen LogP contribution >= 0.6 is 0 Å². The van der Waals surface area contributed by atoms with Crippen LogP contribution in [0.15, 0.2) is 24.3 Å². The average Bonchev–Trinajstić information content (AvgIpc) is 2.21. The zero-order chi connectivity index (χ0) is 7.90. The largest absolute Gasteiger partial charge is 0.435 e. The molecule has 0 aliphatic carbocycles. The molecule has 1 aromatic rings. The summed E-state index contributed by atoms with van der Waals surface area (Å²) in [6.07, 6.45) is -0.0802. The second-order valence-electron chi connectivity index (χ2n) is 2.58. The monoisotopic (exact) mass is 154 g/mol. The molecule has 0 spiro atoms. The molecule has 2 nitrogen and oxygen atoms in total. The SMILES string of the molecule is OC1(F)Cc2ccccc2O1. The van der Waals surface area contributed by atoms with Crippen LogP contribution < -0.4 is 4.74 Å². The molecule has 0 fully saturated rings. The molecule has 1 unspecified atom stereocenters. The van der Waals surface area contributed by atoms with Crippen LogP contribution in [0.25, 0.3) is 0 Å². The van der Waals surface area contributed by atoms with Crippen molar-refractivity contribution in [1.82, 2.24) is 0 Å². The van der Waals surface area contributed by atoms with Gasteiger partial charge in [-0.3, -0.25) is 0 Å². The molecule has 3 heteroatoms. The van der Waals surface area contributed by atoms with Crippen molar-refractivity contribution in [3.05, 3.63) is 29.8 Å². The van der Waals surface area contributed by atoms with E-state index in [0.29, 0.717) is 11.3 Å². The number of halogens is 1. The first-order chi connectivity index (χ1) is 5.17. The Kier molecular flexibility index (Phi) is 1.17. The van der Waals surface area contributed by atoms with Crippen LogP contribution in [0, 0.1) is 0 Å². The molecule has 11 heavy (non-hydrogen) atoms. The minimum atomic E-state index is -2.50. The van der Waals surface area contributed by atoms with Crippen LogP contribution in [-0.4, -0.2) is 11.1 Å². The molecule has 0 bridgehead atoms. The van der Waals surface area contributed by atoms with Crippen molar-refractivity contribution < 1.29 is 14.2 Å². The van der Waals surface area contributed by atoms with E-state index in [4.69, 9.17) is 5.11 Å². The van der Waals surface area contributed by atoms with Gasteiger partial charge < -0.3 is 9.84 Å². The maximum Gasteiger partial charge on any atom is 0.365 e. The lowest BCUT2D eigenvalue weighted by molar-refractivity contribution is -0.223. The Morgan fingerprint density at radius 2 is 2.18 bits per heavy atom. The molecular weight excluding hydrogens is 147 g/mol. The van der Waals surface area contributed by atoms with E-state index in [1.165, 1.54) is 0 Å². The second-order valence-corrected chi connectivity index (χ2v) is 2.58. The van der Waals surface area contributed by atoms with Gasteiger partial charge >= 0.3 is 6.04 Å². The summed E-state index contributed by atoms with van der Waals surface area (Å²) in [5.41, 5.74) is 0.706. The van der Waals surface area contributed by atoms with E-state index in [-0.39, 0.29) is 6.42 Å². The van der Waals surface area contributed by atoms with E-state index >= 15 is 0 Å². The van der Waals surface area contributed by atoms with Crippen molar-refractivity contribution in [2.75, 3.05) is 0 Å². The number of hydrogen-bond acceptors (Lipinski definition) is 2. The zero-order valence-electron chi connectivity index (χ0n) is 5.75. The van der Waals surface area contributed by atoms with Crippen LogP contribution in [0.3, 0.4) is 0 Å². The highest BCUT2D eigenvalue weighted by Gasteiger charge is 2.36. The number of fused-ring (bicyclic) bond motifs is 1. The smallest absolute Gasteiger partial charge is 0.365 e. The first kappa shape index (κ1) is 6.61. The lowest BCUT2D eigenvalue weighted by atomic mass is 10.2. The van der Waals surface area contributed by atoms with Crippen molar-refractivity contribution in [3.8, 4) is 5.75 Å². The maximum atomic E-state index is 12.7. The highest BCUT2D eigenvalue weighted by atomic mass is 19.2. The molecule has 0 aromatic heterocycles. The summed E-state index contributed by atoms with van der Waals surface area (Å²) in [6.45, 7) is 0. The van der Waals surface area contributed by atoms with Gasteiger partial charge in [-0.2, -0.15) is 4.39 Å². The molecule has 58 valence electrons. The quantitative estimate of drug-likeness (QED) is 0.609. The van der Waals surface area contributed by atoms with Gasteiger partial charge in [0.25, 0.3) is 0 Å². The Bertz CT molecular complexity index is 256. The van der Waals surface area contributed by atoms with Gasteiger partial charge in [-0.05, 0) is 6.07 Å². The van der Waals surface area contributed by atoms with Gasteiger partial charge in [-0.15, -0.1) is 0 Å². The lowest BCUT2D eigenvalue weighted by Crippen LogP contribution is -2.26. The fraction of sp³-hybridized carbons (Fsp3) is 0.250. The van der Waals surface area contributed by atoms with Gasteiger partial charge in [-0.25, -0.2) is 0 Å². The number of rotatable bonds is 0. The van der Waals surface area contributed by atoms with Crippen LogP contribution in [-0.2, 0) is 6.42 Å². The Balaban J connectivity index is 2.41. The van der Waals surface area contributed by atoms with Gasteiger partial charge in [0.05, 0.1) is 6.42 Å². The first-order valence-corrected chi connectivity index (χ1v) is 3.36. The minimum Gasteiger partial charge on any atom is -0.435 e. The van der Waals surface area contributed by atoms with E-state index in [1.54, 1.807) is 24.3 Å². The third kappa shape index (κ3) is 1.07. The van der Waals surface area contributed by atoms with E-state index in [2.05, 4.69) is 4.74 Å². The summed E-state index contributed by atoms with van der Waals surface area (Å²) in [6, 6.07) is 4.38. The second kappa shape index (κ2) is 1.95. The molecule has 1 aliphatic heterocycles. The van der Waals surface area contributed by atoms with Crippen LogP contribution in [0.1, 0.15) is 5.56 Å². The predicted molar refractivity (Wildman–Crippen MR) is 36.8 cm³/mol. The summed E-state index contributed by atoms with van der Waals surface area (Å²) in [7, 11) is 0.